The number of carbonyl (C=O) groups is 1. The molecule has 0 saturated heterocycles. The summed E-state index contributed by atoms with van der Waals surface area (Å²) in [6, 6.07) is 16.6. The van der Waals surface area contributed by atoms with Crippen LogP contribution in [0.25, 0.3) is 0 Å². The summed E-state index contributed by atoms with van der Waals surface area (Å²) in [5, 5.41) is 19.5. The van der Waals surface area contributed by atoms with Crippen molar-refractivity contribution in [3.05, 3.63) is 92.1 Å². The lowest BCUT2D eigenvalue weighted by molar-refractivity contribution is 0.0679. The third-order valence-electron chi connectivity index (χ3n) is 3.93. The van der Waals surface area contributed by atoms with Crippen molar-refractivity contribution in [3.8, 4) is 5.75 Å². The summed E-state index contributed by atoms with van der Waals surface area (Å²) in [6.45, 7) is 0.170. The van der Waals surface area contributed by atoms with Crippen molar-refractivity contribution >= 4 is 21.9 Å². The van der Waals surface area contributed by atoms with E-state index in [1.165, 1.54) is 4.57 Å². The lowest BCUT2D eigenvalue weighted by Crippen LogP contribution is -2.25. The third kappa shape index (κ3) is 3.67. The molecule has 1 heterocycles. The molecule has 2 N–H and O–H groups in total. The summed E-state index contributed by atoms with van der Waals surface area (Å²) in [5.74, 6) is -1.98. The topological polar surface area (TPSA) is 92.4 Å². The van der Waals surface area contributed by atoms with Gasteiger partial charge in [0.1, 0.15) is 5.82 Å². The predicted molar refractivity (Wildman–Crippen MR) is 99.6 cm³/mol. The van der Waals surface area contributed by atoms with Crippen molar-refractivity contribution in [2.45, 2.75) is 13.0 Å². The van der Waals surface area contributed by atoms with Gasteiger partial charge in [0.05, 0.1) is 0 Å². The lowest BCUT2D eigenvalue weighted by atomic mass is 10.1. The molecule has 0 atom stereocenters. The first kappa shape index (κ1) is 17.9. The van der Waals surface area contributed by atoms with Crippen LogP contribution < -0.4 is 5.56 Å². The van der Waals surface area contributed by atoms with Gasteiger partial charge in [-0.3, -0.25) is 4.79 Å². The van der Waals surface area contributed by atoms with Crippen LogP contribution in [0.4, 0.5) is 0 Å². The minimum absolute atomic E-state index is 0.170. The minimum atomic E-state index is -1.38. The minimum Gasteiger partial charge on any atom is -0.501 e. The number of carboxylic acid groups (broad SMARTS) is 1. The van der Waals surface area contributed by atoms with Crippen LogP contribution >= 0.6 is 15.9 Å². The molecule has 7 heteroatoms. The Balaban J connectivity index is 2.17. The number of aromatic hydroxyl groups is 1. The molecule has 0 radical (unpaired) electrons. The number of benzene rings is 2. The van der Waals surface area contributed by atoms with Gasteiger partial charge in [0.15, 0.2) is 5.69 Å². The first-order chi connectivity index (χ1) is 12.5. The molecule has 0 aliphatic heterocycles. The standard InChI is InChI=1S/C19H15BrN2O4/c20-14-9-5-4-8-13(14)10-15-21-18(24)17(23)16(19(25)26)22(15)11-12-6-2-1-3-7-12/h1-9,23H,10-11H2,(H,25,26). The van der Waals surface area contributed by atoms with Gasteiger partial charge in [-0.25, -0.2) is 4.79 Å². The second-order valence-electron chi connectivity index (χ2n) is 5.68. The van der Waals surface area contributed by atoms with Gasteiger partial charge in [-0.15, -0.1) is 0 Å². The highest BCUT2D eigenvalue weighted by Gasteiger charge is 2.22. The molecule has 2 aromatic carbocycles. The summed E-state index contributed by atoms with van der Waals surface area (Å²) in [6.07, 6.45) is 0.240. The third-order valence-corrected chi connectivity index (χ3v) is 4.71. The Labute approximate surface area is 157 Å². The van der Waals surface area contributed by atoms with Crippen molar-refractivity contribution in [1.82, 2.24) is 9.55 Å². The molecule has 0 fully saturated rings. The zero-order valence-electron chi connectivity index (χ0n) is 13.6. The quantitative estimate of drug-likeness (QED) is 0.669. The molecule has 1 aromatic heterocycles. The molecule has 3 rings (SSSR count). The normalized spacial score (nSPS) is 10.7. The maximum Gasteiger partial charge on any atom is 0.356 e. The lowest BCUT2D eigenvalue weighted by Gasteiger charge is -2.17. The number of halogens is 1. The van der Waals surface area contributed by atoms with Crippen LogP contribution in [0.15, 0.2) is 63.9 Å². The van der Waals surface area contributed by atoms with Gasteiger partial charge >= 0.3 is 11.5 Å². The van der Waals surface area contributed by atoms with E-state index in [9.17, 15) is 19.8 Å². The second kappa shape index (κ2) is 7.53. The van der Waals surface area contributed by atoms with Crippen LogP contribution in [-0.2, 0) is 13.0 Å². The van der Waals surface area contributed by atoms with E-state index in [0.29, 0.717) is 0 Å². The van der Waals surface area contributed by atoms with Gasteiger partial charge in [0, 0.05) is 17.4 Å². The van der Waals surface area contributed by atoms with E-state index in [0.717, 1.165) is 15.6 Å². The summed E-state index contributed by atoms with van der Waals surface area (Å²) in [5.41, 5.74) is 0.265. The number of carboxylic acids is 1. The van der Waals surface area contributed by atoms with E-state index >= 15 is 0 Å². The zero-order valence-corrected chi connectivity index (χ0v) is 15.2. The van der Waals surface area contributed by atoms with Gasteiger partial charge in [0.25, 0.3) is 0 Å². The van der Waals surface area contributed by atoms with Gasteiger partial charge < -0.3 is 14.8 Å². The Morgan fingerprint density at radius 1 is 1.08 bits per heavy atom. The van der Waals surface area contributed by atoms with Crippen LogP contribution in [0, 0.1) is 0 Å². The molecule has 0 aliphatic carbocycles. The molecule has 0 amide bonds. The molecular weight excluding hydrogens is 400 g/mol. The smallest absolute Gasteiger partial charge is 0.356 e. The Bertz CT molecular complexity index is 1020. The van der Waals surface area contributed by atoms with Gasteiger partial charge in [-0.1, -0.05) is 64.5 Å². The average molecular weight is 415 g/mol. The largest absolute Gasteiger partial charge is 0.501 e. The van der Waals surface area contributed by atoms with Crippen molar-refractivity contribution in [2.75, 3.05) is 0 Å². The van der Waals surface area contributed by atoms with E-state index in [1.807, 2.05) is 54.6 Å². The predicted octanol–water partition coefficient (Wildman–Crippen LogP) is 3.05. The van der Waals surface area contributed by atoms with E-state index in [-0.39, 0.29) is 18.8 Å². The second-order valence-corrected chi connectivity index (χ2v) is 6.53. The Morgan fingerprint density at radius 3 is 2.38 bits per heavy atom. The highest BCUT2D eigenvalue weighted by atomic mass is 79.9. The van der Waals surface area contributed by atoms with Gasteiger partial charge in [0.2, 0.25) is 5.75 Å². The molecule has 0 saturated carbocycles. The molecule has 132 valence electrons. The summed E-state index contributed by atoms with van der Waals surface area (Å²) < 4.78 is 2.19. The van der Waals surface area contributed by atoms with E-state index in [4.69, 9.17) is 0 Å². The Kier molecular flexibility index (Phi) is 5.18. The fourth-order valence-corrected chi connectivity index (χ4v) is 3.11. The first-order valence-corrected chi connectivity index (χ1v) is 8.60. The molecule has 0 unspecified atom stereocenters. The van der Waals surface area contributed by atoms with Crippen molar-refractivity contribution in [1.29, 1.82) is 0 Å². The monoisotopic (exact) mass is 414 g/mol. The van der Waals surface area contributed by atoms with Crippen LogP contribution in [0.1, 0.15) is 27.4 Å². The molecule has 26 heavy (non-hydrogen) atoms. The fourth-order valence-electron chi connectivity index (χ4n) is 2.69. The number of aromatic carboxylic acids is 1. The van der Waals surface area contributed by atoms with Gasteiger partial charge in [-0.2, -0.15) is 4.98 Å². The number of rotatable bonds is 5. The number of nitrogens with zero attached hydrogens (tertiary/aromatic N) is 2. The number of hydrogen-bond donors (Lipinski definition) is 2. The fraction of sp³-hybridized carbons (Fsp3) is 0.105. The highest BCUT2D eigenvalue weighted by Crippen LogP contribution is 2.22. The highest BCUT2D eigenvalue weighted by molar-refractivity contribution is 9.10. The summed E-state index contributed by atoms with van der Waals surface area (Å²) in [4.78, 5) is 27.6. The summed E-state index contributed by atoms with van der Waals surface area (Å²) in [7, 11) is 0. The van der Waals surface area contributed by atoms with Crippen LogP contribution in [0.2, 0.25) is 0 Å². The molecule has 0 bridgehead atoms. The summed E-state index contributed by atoms with van der Waals surface area (Å²) >= 11 is 3.44. The Morgan fingerprint density at radius 2 is 1.73 bits per heavy atom. The molecule has 3 aromatic rings. The maximum absolute atomic E-state index is 12.0. The van der Waals surface area contributed by atoms with Crippen molar-refractivity contribution < 1.29 is 15.0 Å². The maximum atomic E-state index is 12.0. The molecule has 6 nitrogen and oxygen atoms in total. The van der Waals surface area contributed by atoms with E-state index < -0.39 is 23.0 Å². The Hall–Kier alpha value is -2.93. The molecule has 0 aliphatic rings. The number of hydrogen-bond acceptors (Lipinski definition) is 4. The van der Waals surface area contributed by atoms with Crippen LogP contribution in [0.5, 0.6) is 5.75 Å². The van der Waals surface area contributed by atoms with Crippen molar-refractivity contribution in [3.63, 3.8) is 0 Å². The van der Waals surface area contributed by atoms with Crippen LogP contribution in [0.3, 0.4) is 0 Å². The molecule has 0 spiro atoms. The van der Waals surface area contributed by atoms with E-state index in [2.05, 4.69) is 20.9 Å². The average Bonchev–Trinajstić information content (AvgIpc) is 2.62. The first-order valence-electron chi connectivity index (χ1n) is 7.80. The zero-order chi connectivity index (χ0) is 18.7. The SMILES string of the molecule is O=C(O)c1c(O)c(=O)nc(Cc2ccccc2Br)n1Cc1ccccc1. The van der Waals surface area contributed by atoms with Gasteiger partial charge in [-0.05, 0) is 17.2 Å². The van der Waals surface area contributed by atoms with E-state index in [1.54, 1.807) is 0 Å². The van der Waals surface area contributed by atoms with Crippen molar-refractivity contribution in [2.24, 2.45) is 0 Å². The number of aromatic nitrogens is 2. The molecular formula is C19H15BrN2O4. The van der Waals surface area contributed by atoms with Crippen LogP contribution in [-0.4, -0.2) is 25.7 Å².